The second-order valence-electron chi connectivity index (χ2n) is 11.5. The van der Waals surface area contributed by atoms with Crippen LogP contribution in [0.3, 0.4) is 0 Å². The van der Waals surface area contributed by atoms with Gasteiger partial charge in [0, 0.05) is 0 Å². The molecule has 18 nitrogen and oxygen atoms in total. The van der Waals surface area contributed by atoms with Crippen LogP contribution in [0.1, 0.15) is 13.8 Å². The van der Waals surface area contributed by atoms with Crippen LogP contribution in [0, 0.1) is 0 Å². The fourth-order valence-electron chi connectivity index (χ4n) is 5.82. The number of nitrogens with one attached hydrogen (secondary N) is 1. The van der Waals surface area contributed by atoms with Crippen molar-refractivity contribution in [1.29, 1.82) is 0 Å². The highest BCUT2D eigenvalue weighted by molar-refractivity contribution is 5.20. The summed E-state index contributed by atoms with van der Waals surface area (Å²) in [5.41, 5.74) is 5.97. The fourth-order valence-corrected chi connectivity index (χ4v) is 5.82. The third-order valence-corrected chi connectivity index (χ3v) is 8.49. The Labute approximate surface area is 246 Å². The maximum absolute atomic E-state index is 10.9. The molecule has 0 radical (unpaired) electrons. The summed E-state index contributed by atoms with van der Waals surface area (Å²) in [6.07, 6.45) is -24.2. The van der Waals surface area contributed by atoms with Gasteiger partial charge in [-0.15, -0.1) is 0 Å². The zero-order chi connectivity index (χ0) is 31.9. The monoisotopic (exact) mass is 628 g/mol. The van der Waals surface area contributed by atoms with Crippen molar-refractivity contribution < 1.29 is 79.9 Å². The van der Waals surface area contributed by atoms with E-state index in [0.29, 0.717) is 5.57 Å². The summed E-state index contributed by atoms with van der Waals surface area (Å²) in [6, 6.07) is -1.92. The normalized spacial score (nSPS) is 53.0. The first-order chi connectivity index (χ1) is 20.2. The second-order valence-corrected chi connectivity index (χ2v) is 11.5. The van der Waals surface area contributed by atoms with Crippen LogP contribution in [0.4, 0.5) is 0 Å². The lowest BCUT2D eigenvalue weighted by Crippen LogP contribution is -2.68. The van der Waals surface area contributed by atoms with Crippen LogP contribution in [0.2, 0.25) is 0 Å². The van der Waals surface area contributed by atoms with Gasteiger partial charge in [0.1, 0.15) is 85.6 Å². The molecule has 250 valence electrons. The molecule has 3 fully saturated rings. The average molecular weight is 629 g/mol. The maximum Gasteiger partial charge on any atom is 0.187 e. The Bertz CT molecular complexity index is 945. The van der Waals surface area contributed by atoms with E-state index in [1.165, 1.54) is 13.0 Å². The highest BCUT2D eigenvalue weighted by Gasteiger charge is 2.53. The average Bonchev–Trinajstić information content (AvgIpc) is 2.98. The van der Waals surface area contributed by atoms with Crippen LogP contribution in [0.5, 0.6) is 0 Å². The molecule has 0 spiro atoms. The van der Waals surface area contributed by atoms with Crippen molar-refractivity contribution in [2.45, 2.75) is 130 Å². The Morgan fingerprint density at radius 1 is 0.698 bits per heavy atom. The number of rotatable bonds is 8. The topological polar surface area (TPSA) is 307 Å². The third kappa shape index (κ3) is 6.92. The molecule has 0 amide bonds. The Balaban J connectivity index is 1.42. The van der Waals surface area contributed by atoms with Gasteiger partial charge in [0.25, 0.3) is 0 Å². The van der Waals surface area contributed by atoms with Gasteiger partial charge in [-0.1, -0.05) is 6.08 Å². The molecule has 18 heteroatoms. The minimum absolute atomic E-state index is 0.384. The molecule has 3 heterocycles. The smallest absolute Gasteiger partial charge is 0.187 e. The standard InChI is InChI=1S/C25H44N2O16/c1-6-3-8(13(31)15(33)12(6)30)27-11-7(2)39-24(19(37)14(11)32)42-22-10(5-29)41-25(20(38)17(22)35)43-21-9(4-28)40-23(26)18(36)16(21)34/h3,7-25,27-38H,4-5,26H2,1-2H3/t7?,8-,9?,10?,11+,12+,13?,14+,15+,16-,17-,18?,19?,20?,21+,22+,23?,24+,25+/m1/s1. The number of hydrogen-bond acceptors (Lipinski definition) is 18. The van der Waals surface area contributed by atoms with Crippen molar-refractivity contribution in [2.75, 3.05) is 13.2 Å². The zero-order valence-electron chi connectivity index (χ0n) is 23.5. The Morgan fingerprint density at radius 3 is 1.79 bits per heavy atom. The second kappa shape index (κ2) is 14.2. The molecule has 3 saturated heterocycles. The first-order valence-corrected chi connectivity index (χ1v) is 14.0. The van der Waals surface area contributed by atoms with Gasteiger partial charge < -0.3 is 90.9 Å². The van der Waals surface area contributed by atoms with Gasteiger partial charge >= 0.3 is 0 Å². The van der Waals surface area contributed by atoms with Crippen LogP contribution in [0.15, 0.2) is 11.6 Å². The first kappa shape index (κ1) is 34.9. The summed E-state index contributed by atoms with van der Waals surface area (Å²) < 4.78 is 27.8. The Morgan fingerprint density at radius 2 is 1.21 bits per heavy atom. The van der Waals surface area contributed by atoms with E-state index in [4.69, 9.17) is 29.4 Å². The van der Waals surface area contributed by atoms with Crippen molar-refractivity contribution in [3.8, 4) is 0 Å². The molecular weight excluding hydrogens is 584 g/mol. The molecule has 0 aromatic carbocycles. The predicted molar refractivity (Wildman–Crippen MR) is 138 cm³/mol. The summed E-state index contributed by atoms with van der Waals surface area (Å²) in [4.78, 5) is 0. The van der Waals surface area contributed by atoms with E-state index in [1.54, 1.807) is 6.92 Å². The molecule has 4 aliphatic rings. The SMILES string of the molecule is CC1=C[C@@H](N[C@H]2C(C)O[C@@H](O[C@H]3C(CO)O[C@@H](O[C@H]4C(CO)OC(N)C(O)[C@H]4O)C(O)[C@H]3O)C(O)[C@H]2O)C(O)[C@@H](O)[C@H]1O. The molecular formula is C25H44N2O16. The highest BCUT2D eigenvalue weighted by Crippen LogP contribution is 2.32. The van der Waals surface area contributed by atoms with Gasteiger partial charge in [-0.25, -0.2) is 0 Å². The number of hydrogen-bond donors (Lipinski definition) is 13. The molecule has 14 N–H and O–H groups in total. The summed E-state index contributed by atoms with van der Waals surface area (Å²) in [7, 11) is 0. The summed E-state index contributed by atoms with van der Waals surface area (Å²) in [5, 5.41) is 117. The lowest BCUT2D eigenvalue weighted by molar-refractivity contribution is -0.367. The Kier molecular flexibility index (Phi) is 11.5. The summed E-state index contributed by atoms with van der Waals surface area (Å²) in [5.74, 6) is 0. The largest absolute Gasteiger partial charge is 0.394 e. The van der Waals surface area contributed by atoms with E-state index in [1.807, 2.05) is 0 Å². The van der Waals surface area contributed by atoms with Gasteiger partial charge in [-0.3, -0.25) is 0 Å². The minimum Gasteiger partial charge on any atom is -0.394 e. The van der Waals surface area contributed by atoms with Crippen LogP contribution in [-0.4, -0.2) is 186 Å². The van der Waals surface area contributed by atoms with E-state index in [0.717, 1.165) is 0 Å². The predicted octanol–water partition coefficient (Wildman–Crippen LogP) is -7.57. The molecule has 0 aromatic heterocycles. The van der Waals surface area contributed by atoms with E-state index in [-0.39, 0.29) is 0 Å². The van der Waals surface area contributed by atoms with E-state index in [9.17, 15) is 56.2 Å². The van der Waals surface area contributed by atoms with Crippen molar-refractivity contribution >= 4 is 0 Å². The number of nitrogens with two attached hydrogens (primary N) is 1. The van der Waals surface area contributed by atoms with Gasteiger partial charge in [0.05, 0.1) is 31.4 Å². The molecule has 4 rings (SSSR count). The van der Waals surface area contributed by atoms with E-state index >= 15 is 0 Å². The van der Waals surface area contributed by atoms with Crippen molar-refractivity contribution in [3.05, 3.63) is 11.6 Å². The number of aliphatic hydroxyl groups is 11. The van der Waals surface area contributed by atoms with Crippen molar-refractivity contribution in [3.63, 3.8) is 0 Å². The fraction of sp³-hybridized carbons (Fsp3) is 0.920. The van der Waals surface area contributed by atoms with Crippen LogP contribution >= 0.6 is 0 Å². The van der Waals surface area contributed by atoms with Gasteiger partial charge in [-0.2, -0.15) is 0 Å². The van der Waals surface area contributed by atoms with E-state index < -0.39 is 130 Å². The molecule has 8 unspecified atom stereocenters. The quantitative estimate of drug-likeness (QED) is 0.111. The molecule has 1 aliphatic carbocycles. The number of aliphatic hydroxyl groups excluding tert-OH is 11. The highest BCUT2D eigenvalue weighted by atomic mass is 16.7. The third-order valence-electron chi connectivity index (χ3n) is 8.49. The molecule has 3 aliphatic heterocycles. The molecule has 0 bridgehead atoms. The van der Waals surface area contributed by atoms with Crippen LogP contribution < -0.4 is 11.1 Å². The van der Waals surface area contributed by atoms with Gasteiger partial charge in [-0.05, 0) is 19.4 Å². The summed E-state index contributed by atoms with van der Waals surface area (Å²) >= 11 is 0. The summed E-state index contributed by atoms with van der Waals surface area (Å²) in [6.45, 7) is 1.59. The van der Waals surface area contributed by atoms with Crippen molar-refractivity contribution in [2.24, 2.45) is 5.73 Å². The van der Waals surface area contributed by atoms with Gasteiger partial charge in [0.2, 0.25) is 0 Å². The lowest BCUT2D eigenvalue weighted by atomic mass is 9.87. The minimum atomic E-state index is -1.88. The van der Waals surface area contributed by atoms with Crippen molar-refractivity contribution in [1.82, 2.24) is 5.32 Å². The zero-order valence-corrected chi connectivity index (χ0v) is 23.5. The molecule has 0 saturated carbocycles. The lowest BCUT2D eigenvalue weighted by Gasteiger charge is -2.48. The molecule has 19 atom stereocenters. The Hall–Kier alpha value is -0.980. The van der Waals surface area contributed by atoms with E-state index in [2.05, 4.69) is 5.32 Å². The number of ether oxygens (including phenoxy) is 5. The first-order valence-electron chi connectivity index (χ1n) is 14.0. The van der Waals surface area contributed by atoms with Crippen LogP contribution in [0.25, 0.3) is 0 Å². The molecule has 43 heavy (non-hydrogen) atoms. The van der Waals surface area contributed by atoms with Gasteiger partial charge in [0.15, 0.2) is 12.6 Å². The maximum atomic E-state index is 10.9. The molecule has 0 aromatic rings. The van der Waals surface area contributed by atoms with Crippen LogP contribution in [-0.2, 0) is 23.7 Å².